The maximum atomic E-state index is 13.4. The van der Waals surface area contributed by atoms with Crippen molar-refractivity contribution in [1.29, 1.82) is 0 Å². The highest BCUT2D eigenvalue weighted by atomic mass is 32.2. The van der Waals surface area contributed by atoms with E-state index in [1.807, 2.05) is 48.5 Å². The topological polar surface area (TPSA) is 81.5 Å². The number of hydrogen-bond acceptors (Lipinski definition) is 5. The van der Waals surface area contributed by atoms with E-state index < -0.39 is 9.84 Å². The normalized spacial score (nSPS) is 13.7. The molecule has 4 rings (SSSR count). The molecule has 1 aromatic heterocycles. The number of amides is 1. The second-order valence-electron chi connectivity index (χ2n) is 8.38. The van der Waals surface area contributed by atoms with Crippen LogP contribution < -0.4 is 0 Å². The molecule has 33 heavy (non-hydrogen) atoms. The second-order valence-corrected chi connectivity index (χ2v) is 10.3. The van der Waals surface area contributed by atoms with Gasteiger partial charge in [-0.05, 0) is 24.0 Å². The van der Waals surface area contributed by atoms with E-state index in [1.165, 1.54) is 0 Å². The van der Waals surface area contributed by atoms with E-state index in [2.05, 4.69) is 4.98 Å². The van der Waals surface area contributed by atoms with E-state index in [9.17, 15) is 13.2 Å². The first-order valence-corrected chi connectivity index (χ1v) is 12.8. The van der Waals surface area contributed by atoms with E-state index in [4.69, 9.17) is 4.74 Å². The summed E-state index contributed by atoms with van der Waals surface area (Å²) in [5.41, 5.74) is 2.36. The van der Waals surface area contributed by atoms with Gasteiger partial charge in [0.1, 0.15) is 0 Å². The number of methoxy groups -OCH3 is 1. The number of rotatable bonds is 11. The van der Waals surface area contributed by atoms with E-state index in [1.54, 1.807) is 34.9 Å². The summed E-state index contributed by atoms with van der Waals surface area (Å²) in [7, 11) is -2.09. The molecule has 0 radical (unpaired) electrons. The SMILES string of the molecule is COCCN(Cc1cnc(S(=O)(=O)Cc2ccccc2)n1Cc1ccccc1)C(=O)C1CC1. The highest BCUT2D eigenvalue weighted by Crippen LogP contribution is 2.31. The largest absolute Gasteiger partial charge is 0.383 e. The van der Waals surface area contributed by atoms with Gasteiger partial charge in [-0.1, -0.05) is 60.7 Å². The van der Waals surface area contributed by atoms with Gasteiger partial charge in [-0.2, -0.15) is 0 Å². The minimum absolute atomic E-state index is 0.0239. The highest BCUT2D eigenvalue weighted by molar-refractivity contribution is 7.90. The number of nitrogens with zero attached hydrogens (tertiary/aromatic N) is 3. The first-order valence-electron chi connectivity index (χ1n) is 11.1. The third-order valence-electron chi connectivity index (χ3n) is 5.72. The lowest BCUT2D eigenvalue weighted by atomic mass is 10.2. The van der Waals surface area contributed by atoms with Gasteiger partial charge in [0.2, 0.25) is 20.9 Å². The van der Waals surface area contributed by atoms with Gasteiger partial charge in [-0.15, -0.1) is 0 Å². The van der Waals surface area contributed by atoms with E-state index >= 15 is 0 Å². The van der Waals surface area contributed by atoms with Crippen LogP contribution in [0.5, 0.6) is 0 Å². The van der Waals surface area contributed by atoms with Crippen LogP contribution in [0.3, 0.4) is 0 Å². The molecule has 0 aliphatic heterocycles. The van der Waals surface area contributed by atoms with Crippen LogP contribution in [0.4, 0.5) is 0 Å². The minimum Gasteiger partial charge on any atom is -0.383 e. The molecule has 0 atom stereocenters. The van der Waals surface area contributed by atoms with Gasteiger partial charge in [0.05, 0.1) is 37.3 Å². The molecule has 0 saturated heterocycles. The van der Waals surface area contributed by atoms with Crippen molar-refractivity contribution >= 4 is 15.7 Å². The Morgan fingerprint density at radius 3 is 2.30 bits per heavy atom. The van der Waals surface area contributed by atoms with Crippen molar-refractivity contribution in [2.24, 2.45) is 5.92 Å². The third kappa shape index (κ3) is 5.89. The smallest absolute Gasteiger partial charge is 0.228 e. The summed E-state index contributed by atoms with van der Waals surface area (Å²) in [5, 5.41) is 0.0239. The molecule has 1 fully saturated rings. The third-order valence-corrected chi connectivity index (χ3v) is 7.31. The van der Waals surface area contributed by atoms with Crippen molar-refractivity contribution in [3.63, 3.8) is 0 Å². The van der Waals surface area contributed by atoms with Crippen LogP contribution in [0.1, 0.15) is 29.7 Å². The molecule has 1 heterocycles. The van der Waals surface area contributed by atoms with Crippen LogP contribution in [0.15, 0.2) is 72.0 Å². The Morgan fingerprint density at radius 1 is 1.06 bits per heavy atom. The number of sulfone groups is 1. The van der Waals surface area contributed by atoms with E-state index in [0.717, 1.165) is 18.4 Å². The number of aromatic nitrogens is 2. The Morgan fingerprint density at radius 2 is 1.70 bits per heavy atom. The first-order chi connectivity index (χ1) is 16.0. The van der Waals surface area contributed by atoms with Crippen molar-refractivity contribution in [1.82, 2.24) is 14.5 Å². The highest BCUT2D eigenvalue weighted by Gasteiger charge is 2.34. The Hall–Kier alpha value is -2.97. The molecular weight excluding hydrogens is 438 g/mol. The van der Waals surface area contributed by atoms with Gasteiger partial charge in [0, 0.05) is 19.6 Å². The van der Waals surface area contributed by atoms with Crippen molar-refractivity contribution in [2.75, 3.05) is 20.3 Å². The Kier molecular flexibility index (Phi) is 7.25. The summed E-state index contributed by atoms with van der Waals surface area (Å²) >= 11 is 0. The van der Waals surface area contributed by atoms with Crippen molar-refractivity contribution < 1.29 is 17.9 Å². The fourth-order valence-electron chi connectivity index (χ4n) is 3.81. The number of imidazole rings is 1. The monoisotopic (exact) mass is 467 g/mol. The molecule has 174 valence electrons. The summed E-state index contributed by atoms with van der Waals surface area (Å²) in [6.45, 7) is 1.52. The summed E-state index contributed by atoms with van der Waals surface area (Å²) in [4.78, 5) is 18.9. The van der Waals surface area contributed by atoms with Crippen molar-refractivity contribution in [3.8, 4) is 0 Å². The second kappa shape index (κ2) is 10.3. The summed E-state index contributed by atoms with van der Waals surface area (Å²) in [6.07, 6.45) is 3.39. The number of ether oxygens (including phenoxy) is 1. The predicted octanol–water partition coefficient (Wildman–Crippen LogP) is 3.29. The van der Waals surface area contributed by atoms with E-state index in [0.29, 0.717) is 37.5 Å². The lowest BCUT2D eigenvalue weighted by Gasteiger charge is -2.23. The van der Waals surface area contributed by atoms with Gasteiger partial charge >= 0.3 is 0 Å². The zero-order valence-corrected chi connectivity index (χ0v) is 19.6. The maximum absolute atomic E-state index is 13.4. The Labute approximate surface area is 194 Å². The van der Waals surface area contributed by atoms with Gasteiger partial charge in [0.15, 0.2) is 0 Å². The molecule has 0 bridgehead atoms. The Balaban J connectivity index is 1.67. The Bertz CT molecular complexity index is 1170. The zero-order chi connectivity index (χ0) is 23.3. The quantitative estimate of drug-likeness (QED) is 0.432. The summed E-state index contributed by atoms with van der Waals surface area (Å²) in [6, 6.07) is 18.8. The predicted molar refractivity (Wildman–Crippen MR) is 125 cm³/mol. The lowest BCUT2D eigenvalue weighted by Crippen LogP contribution is -2.35. The van der Waals surface area contributed by atoms with E-state index in [-0.39, 0.29) is 22.7 Å². The molecule has 1 aliphatic rings. The lowest BCUT2D eigenvalue weighted by molar-refractivity contribution is -0.133. The number of carbonyl (C=O) groups is 1. The minimum atomic E-state index is -3.70. The molecular formula is C25H29N3O4S. The van der Waals surface area contributed by atoms with Crippen LogP contribution in [-0.4, -0.2) is 49.0 Å². The van der Waals surface area contributed by atoms with Gasteiger partial charge in [0.25, 0.3) is 0 Å². The van der Waals surface area contributed by atoms with Crippen molar-refractivity contribution in [2.45, 2.75) is 36.8 Å². The molecule has 0 spiro atoms. The summed E-state index contributed by atoms with van der Waals surface area (Å²) in [5.74, 6) is 0.0230. The first kappa shape index (κ1) is 23.2. The van der Waals surface area contributed by atoms with Gasteiger partial charge in [-0.25, -0.2) is 13.4 Å². The molecule has 1 saturated carbocycles. The molecule has 1 aliphatic carbocycles. The maximum Gasteiger partial charge on any atom is 0.228 e. The number of benzene rings is 2. The molecule has 0 unspecified atom stereocenters. The standard InChI is InChI=1S/C25H29N3O4S/c1-32-15-14-27(24(29)22-12-13-22)18-23-16-26-25(28(23)17-20-8-4-2-5-9-20)33(30,31)19-21-10-6-3-7-11-21/h2-11,16,22H,12-15,17-19H2,1H3. The van der Waals surface area contributed by atoms with Crippen molar-refractivity contribution in [3.05, 3.63) is 83.7 Å². The molecule has 3 aromatic rings. The fourth-order valence-corrected chi connectivity index (χ4v) is 5.30. The summed E-state index contributed by atoms with van der Waals surface area (Å²) < 4.78 is 33.6. The zero-order valence-electron chi connectivity index (χ0n) is 18.8. The van der Waals surface area contributed by atoms with Crippen LogP contribution in [0.2, 0.25) is 0 Å². The molecule has 1 amide bonds. The van der Waals surface area contributed by atoms with Crippen LogP contribution >= 0.6 is 0 Å². The van der Waals surface area contributed by atoms with Crippen LogP contribution in [0.25, 0.3) is 0 Å². The fraction of sp³-hybridized carbons (Fsp3) is 0.360. The van der Waals surface area contributed by atoms with Crippen LogP contribution in [0, 0.1) is 5.92 Å². The van der Waals surface area contributed by atoms with Gasteiger partial charge in [-0.3, -0.25) is 4.79 Å². The molecule has 8 heteroatoms. The molecule has 0 N–H and O–H groups in total. The van der Waals surface area contributed by atoms with Gasteiger partial charge < -0.3 is 14.2 Å². The number of carbonyl (C=O) groups excluding carboxylic acids is 1. The molecule has 2 aromatic carbocycles. The average Bonchev–Trinajstić information content (AvgIpc) is 3.59. The van der Waals surface area contributed by atoms with Crippen LogP contribution in [-0.2, 0) is 38.2 Å². The number of hydrogen-bond donors (Lipinski definition) is 0. The molecule has 7 nitrogen and oxygen atoms in total. The average molecular weight is 468 g/mol.